The Bertz CT molecular complexity index is 493. The van der Waals surface area contributed by atoms with E-state index < -0.39 is 0 Å². The molecule has 1 aliphatic heterocycles. The summed E-state index contributed by atoms with van der Waals surface area (Å²) in [5.41, 5.74) is 0.522. The van der Waals surface area contributed by atoms with Crippen molar-refractivity contribution in [2.45, 2.75) is 6.42 Å². The Balaban J connectivity index is 2.21. The zero-order chi connectivity index (χ0) is 13.1. The molecule has 18 heavy (non-hydrogen) atoms. The van der Waals surface area contributed by atoms with Crippen LogP contribution in [0.3, 0.4) is 0 Å². The quantitative estimate of drug-likeness (QED) is 0.856. The smallest absolute Gasteiger partial charge is 0.255 e. The molecule has 1 N–H and O–H groups in total. The second kappa shape index (κ2) is 5.71. The highest BCUT2D eigenvalue weighted by Gasteiger charge is 2.22. The zero-order valence-electron chi connectivity index (χ0n) is 9.58. The minimum atomic E-state index is -0.157. The molecule has 1 heterocycles. The van der Waals surface area contributed by atoms with Gasteiger partial charge < -0.3 is 10.2 Å². The first-order valence-corrected chi connectivity index (χ1v) is 6.76. The second-order valence-corrected chi connectivity index (χ2v) is 5.35. The molecule has 0 unspecified atom stereocenters. The van der Waals surface area contributed by atoms with Crippen LogP contribution < -0.4 is 5.32 Å². The summed E-state index contributed by atoms with van der Waals surface area (Å²) in [5.74, 6) is -0.276. The predicted octanol–water partition coefficient (Wildman–Crippen LogP) is 2.06. The molecule has 6 heteroatoms. The molecule has 1 saturated heterocycles. The van der Waals surface area contributed by atoms with Crippen molar-refractivity contribution in [2.24, 2.45) is 0 Å². The van der Waals surface area contributed by atoms with Crippen LogP contribution in [0.2, 0.25) is 5.02 Å². The number of halogens is 2. The van der Waals surface area contributed by atoms with Crippen molar-refractivity contribution in [1.82, 2.24) is 10.2 Å². The molecule has 1 fully saturated rings. The maximum absolute atomic E-state index is 12.3. The van der Waals surface area contributed by atoms with Gasteiger partial charge in [0.1, 0.15) is 0 Å². The van der Waals surface area contributed by atoms with E-state index in [2.05, 4.69) is 21.2 Å². The van der Waals surface area contributed by atoms with Gasteiger partial charge in [0.25, 0.3) is 5.91 Å². The van der Waals surface area contributed by atoms with Gasteiger partial charge in [0.2, 0.25) is 5.91 Å². The number of nitrogens with zero attached hydrogens (tertiary/aromatic N) is 1. The van der Waals surface area contributed by atoms with Crippen molar-refractivity contribution in [3.63, 3.8) is 0 Å². The van der Waals surface area contributed by atoms with Gasteiger partial charge in [0.05, 0.1) is 12.1 Å². The van der Waals surface area contributed by atoms with E-state index in [1.807, 2.05) is 0 Å². The van der Waals surface area contributed by atoms with Crippen LogP contribution in [0.15, 0.2) is 22.7 Å². The molecule has 0 aromatic heterocycles. The normalized spacial score (nSPS) is 16.1. The van der Waals surface area contributed by atoms with Gasteiger partial charge in [-0.25, -0.2) is 0 Å². The molecule has 0 spiro atoms. The summed E-state index contributed by atoms with van der Waals surface area (Å²) in [6.45, 7) is 1.30. The van der Waals surface area contributed by atoms with E-state index >= 15 is 0 Å². The summed E-state index contributed by atoms with van der Waals surface area (Å²) in [7, 11) is 0. The second-order valence-electron chi connectivity index (χ2n) is 4.05. The van der Waals surface area contributed by atoms with E-state index in [9.17, 15) is 9.59 Å². The van der Waals surface area contributed by atoms with Crippen molar-refractivity contribution in [3.8, 4) is 0 Å². The van der Waals surface area contributed by atoms with Gasteiger partial charge in [0, 0.05) is 22.6 Å². The van der Waals surface area contributed by atoms with Crippen LogP contribution in [0.25, 0.3) is 0 Å². The molecule has 2 rings (SSSR count). The van der Waals surface area contributed by atoms with Crippen LogP contribution in [-0.4, -0.2) is 36.3 Å². The fourth-order valence-electron chi connectivity index (χ4n) is 1.81. The van der Waals surface area contributed by atoms with E-state index in [1.54, 1.807) is 23.1 Å². The fraction of sp³-hybridized carbons (Fsp3) is 0.333. The third kappa shape index (κ3) is 3.03. The largest absolute Gasteiger partial charge is 0.354 e. The third-order valence-electron chi connectivity index (χ3n) is 2.71. The number of benzene rings is 1. The molecular weight excluding hydrogens is 320 g/mol. The lowest BCUT2D eigenvalue weighted by molar-refractivity contribution is -0.121. The van der Waals surface area contributed by atoms with Crippen molar-refractivity contribution in [2.75, 3.05) is 19.6 Å². The molecule has 1 aliphatic rings. The molecule has 0 atom stereocenters. The molecule has 4 nitrogen and oxygen atoms in total. The van der Waals surface area contributed by atoms with E-state index in [-0.39, 0.29) is 18.4 Å². The lowest BCUT2D eigenvalue weighted by Crippen LogP contribution is -2.37. The average Bonchev–Trinajstić information content (AvgIpc) is 2.53. The zero-order valence-corrected chi connectivity index (χ0v) is 11.9. The van der Waals surface area contributed by atoms with Gasteiger partial charge in [-0.1, -0.05) is 11.6 Å². The van der Waals surface area contributed by atoms with Gasteiger partial charge >= 0.3 is 0 Å². The van der Waals surface area contributed by atoms with Crippen LogP contribution in [0.1, 0.15) is 16.8 Å². The molecule has 1 aromatic carbocycles. The first kappa shape index (κ1) is 13.4. The van der Waals surface area contributed by atoms with Gasteiger partial charge in [-0.2, -0.15) is 0 Å². The molecule has 0 aliphatic carbocycles. The molecule has 2 amide bonds. The van der Waals surface area contributed by atoms with Crippen LogP contribution in [0, 0.1) is 0 Å². The summed E-state index contributed by atoms with van der Waals surface area (Å²) in [5, 5.41) is 3.30. The first-order valence-electron chi connectivity index (χ1n) is 5.59. The maximum atomic E-state index is 12.3. The van der Waals surface area contributed by atoms with Gasteiger partial charge in [-0.05, 0) is 40.5 Å². The Hall–Kier alpha value is -1.07. The van der Waals surface area contributed by atoms with Crippen molar-refractivity contribution >= 4 is 39.3 Å². The van der Waals surface area contributed by atoms with E-state index in [1.165, 1.54) is 0 Å². The minimum absolute atomic E-state index is 0.105. The number of nitrogens with one attached hydrogen (secondary N) is 1. The summed E-state index contributed by atoms with van der Waals surface area (Å²) in [6, 6.07) is 5.00. The monoisotopic (exact) mass is 330 g/mol. The Morgan fingerprint density at radius 2 is 2.22 bits per heavy atom. The highest BCUT2D eigenvalue weighted by atomic mass is 79.9. The van der Waals surface area contributed by atoms with E-state index in [4.69, 9.17) is 11.6 Å². The van der Waals surface area contributed by atoms with Gasteiger partial charge in [-0.3, -0.25) is 9.59 Å². The van der Waals surface area contributed by atoms with Crippen molar-refractivity contribution in [3.05, 3.63) is 33.3 Å². The molecular formula is C12H12BrClN2O2. The number of hydrogen-bond acceptors (Lipinski definition) is 2. The summed E-state index contributed by atoms with van der Waals surface area (Å²) in [4.78, 5) is 25.3. The minimum Gasteiger partial charge on any atom is -0.354 e. The number of hydrogen-bond donors (Lipinski definition) is 1. The number of carbonyl (C=O) groups is 2. The molecule has 0 bridgehead atoms. The molecule has 96 valence electrons. The average molecular weight is 332 g/mol. The van der Waals surface area contributed by atoms with Crippen LogP contribution in [0.4, 0.5) is 0 Å². The van der Waals surface area contributed by atoms with Crippen molar-refractivity contribution in [1.29, 1.82) is 0 Å². The Kier molecular flexibility index (Phi) is 4.24. The molecule has 0 saturated carbocycles. The fourth-order valence-corrected chi connectivity index (χ4v) is 2.66. The summed E-state index contributed by atoms with van der Waals surface area (Å²) >= 11 is 9.15. The Labute approximate surface area is 118 Å². The summed E-state index contributed by atoms with van der Waals surface area (Å²) in [6.07, 6.45) is 0.767. The highest BCUT2D eigenvalue weighted by molar-refractivity contribution is 9.10. The van der Waals surface area contributed by atoms with Crippen molar-refractivity contribution < 1.29 is 9.59 Å². The first-order chi connectivity index (χ1) is 8.58. The SMILES string of the molecule is O=C1CN(C(=O)c2ccc(Cl)cc2Br)CCCN1. The van der Waals surface area contributed by atoms with Crippen LogP contribution in [0.5, 0.6) is 0 Å². The van der Waals surface area contributed by atoms with E-state index in [0.29, 0.717) is 28.1 Å². The van der Waals surface area contributed by atoms with Gasteiger partial charge in [0.15, 0.2) is 0 Å². The highest BCUT2D eigenvalue weighted by Crippen LogP contribution is 2.23. The topological polar surface area (TPSA) is 49.4 Å². The predicted molar refractivity (Wildman–Crippen MR) is 72.7 cm³/mol. The summed E-state index contributed by atoms with van der Waals surface area (Å²) < 4.78 is 0.643. The molecule has 0 radical (unpaired) electrons. The van der Waals surface area contributed by atoms with Crippen LogP contribution in [-0.2, 0) is 4.79 Å². The molecule has 1 aromatic rings. The Morgan fingerprint density at radius 1 is 1.44 bits per heavy atom. The lowest BCUT2D eigenvalue weighted by atomic mass is 10.2. The lowest BCUT2D eigenvalue weighted by Gasteiger charge is -2.19. The van der Waals surface area contributed by atoms with E-state index in [0.717, 1.165) is 6.42 Å². The van der Waals surface area contributed by atoms with Gasteiger partial charge in [-0.15, -0.1) is 0 Å². The standard InChI is InChI=1S/C12H12BrClN2O2/c13-10-6-8(14)2-3-9(10)12(18)16-5-1-4-15-11(17)7-16/h2-3,6H,1,4-5,7H2,(H,15,17). The Morgan fingerprint density at radius 3 is 2.94 bits per heavy atom. The number of rotatable bonds is 1. The maximum Gasteiger partial charge on any atom is 0.255 e. The third-order valence-corrected chi connectivity index (χ3v) is 3.60. The van der Waals surface area contributed by atoms with Crippen LogP contribution >= 0.6 is 27.5 Å². The number of amides is 2. The number of carbonyl (C=O) groups excluding carboxylic acids is 2.